The second-order valence-electron chi connectivity index (χ2n) is 4.86. The fourth-order valence-corrected chi connectivity index (χ4v) is 2.52. The molecule has 2 aromatic carbocycles. The molecule has 0 unspecified atom stereocenters. The maximum atomic E-state index is 4.69. The van der Waals surface area contributed by atoms with Gasteiger partial charge in [0.05, 0.1) is 16.7 Å². The third-order valence-electron chi connectivity index (χ3n) is 3.51. The highest BCUT2D eigenvalue weighted by atomic mass is 14.9. The van der Waals surface area contributed by atoms with Crippen LogP contribution < -0.4 is 0 Å². The molecule has 0 atom stereocenters. The van der Waals surface area contributed by atoms with Gasteiger partial charge in [-0.25, -0.2) is 4.98 Å². The van der Waals surface area contributed by atoms with Crippen molar-refractivity contribution in [3.8, 4) is 22.6 Å². The molecule has 2 heterocycles. The van der Waals surface area contributed by atoms with E-state index in [-0.39, 0.29) is 0 Å². The summed E-state index contributed by atoms with van der Waals surface area (Å²) in [6.45, 7) is 8.00. The molecule has 0 aliphatic rings. The number of para-hydroxylation sites is 2. The minimum Gasteiger partial charge on any atom is -0.338 e. The highest BCUT2D eigenvalue weighted by Gasteiger charge is 2.11. The van der Waals surface area contributed by atoms with Crippen molar-refractivity contribution in [1.29, 1.82) is 0 Å². The summed E-state index contributed by atoms with van der Waals surface area (Å²) in [5.41, 5.74) is 5.12. The van der Waals surface area contributed by atoms with Crippen LogP contribution in [0, 0.1) is 0 Å². The lowest BCUT2D eigenvalue weighted by Crippen LogP contribution is -1.88. The van der Waals surface area contributed by atoms with Crippen molar-refractivity contribution in [3.63, 3.8) is 0 Å². The highest BCUT2D eigenvalue weighted by Crippen LogP contribution is 2.30. The van der Waals surface area contributed by atoms with Crippen LogP contribution in [-0.4, -0.2) is 15.0 Å². The molecular weight excluding hydrogens is 306 g/mol. The van der Waals surface area contributed by atoms with Crippen molar-refractivity contribution in [2.24, 2.45) is 0 Å². The molecule has 0 aliphatic carbocycles. The summed E-state index contributed by atoms with van der Waals surface area (Å²) >= 11 is 0. The van der Waals surface area contributed by atoms with E-state index in [4.69, 9.17) is 0 Å². The monoisotopic (exact) mass is 331 g/mol. The second-order valence-corrected chi connectivity index (χ2v) is 4.86. The van der Waals surface area contributed by atoms with Crippen molar-refractivity contribution in [2.75, 3.05) is 0 Å². The topological polar surface area (TPSA) is 41.6 Å². The molecule has 128 valence electrons. The molecule has 0 aliphatic heterocycles. The Kier molecular flexibility index (Phi) is 6.90. The zero-order valence-corrected chi connectivity index (χ0v) is 15.3. The SMILES string of the molecule is CC.CC.c1ccc(-c2ccccc2-c2nc3ccccc3[nH]2)nc1. The first-order valence-corrected chi connectivity index (χ1v) is 8.87. The van der Waals surface area contributed by atoms with E-state index in [0.29, 0.717) is 0 Å². The van der Waals surface area contributed by atoms with E-state index in [0.717, 1.165) is 33.7 Å². The summed E-state index contributed by atoms with van der Waals surface area (Å²) in [4.78, 5) is 12.5. The van der Waals surface area contributed by atoms with Gasteiger partial charge >= 0.3 is 0 Å². The van der Waals surface area contributed by atoms with Crippen molar-refractivity contribution >= 4 is 11.0 Å². The smallest absolute Gasteiger partial charge is 0.139 e. The van der Waals surface area contributed by atoms with E-state index in [1.165, 1.54) is 0 Å². The molecule has 4 rings (SSSR count). The van der Waals surface area contributed by atoms with Gasteiger partial charge in [0.2, 0.25) is 0 Å². The molecule has 3 heteroatoms. The number of aromatic nitrogens is 3. The summed E-state index contributed by atoms with van der Waals surface area (Å²) < 4.78 is 0. The summed E-state index contributed by atoms with van der Waals surface area (Å²) in [6, 6.07) is 22.2. The molecule has 0 bridgehead atoms. The largest absolute Gasteiger partial charge is 0.338 e. The van der Waals surface area contributed by atoms with E-state index in [2.05, 4.69) is 27.1 Å². The average molecular weight is 331 g/mol. The minimum absolute atomic E-state index is 0.873. The molecule has 0 saturated heterocycles. The van der Waals surface area contributed by atoms with Crippen LogP contribution in [0.1, 0.15) is 27.7 Å². The van der Waals surface area contributed by atoms with E-state index in [1.54, 1.807) is 0 Å². The number of imidazole rings is 1. The molecule has 4 aromatic rings. The van der Waals surface area contributed by atoms with Gasteiger partial charge < -0.3 is 4.98 Å². The van der Waals surface area contributed by atoms with Gasteiger partial charge in [-0.15, -0.1) is 0 Å². The number of nitrogens with zero attached hydrogens (tertiary/aromatic N) is 2. The minimum atomic E-state index is 0.873. The van der Waals surface area contributed by atoms with Gasteiger partial charge in [-0.1, -0.05) is 70.2 Å². The molecular formula is C22H25N3. The van der Waals surface area contributed by atoms with Crippen LogP contribution in [0.2, 0.25) is 0 Å². The Balaban J connectivity index is 0.000000528. The van der Waals surface area contributed by atoms with Gasteiger partial charge in [-0.2, -0.15) is 0 Å². The van der Waals surface area contributed by atoms with Crippen molar-refractivity contribution in [3.05, 3.63) is 72.9 Å². The Morgan fingerprint density at radius 3 is 2.00 bits per heavy atom. The molecule has 2 aromatic heterocycles. The lowest BCUT2D eigenvalue weighted by molar-refractivity contribution is 1.30. The van der Waals surface area contributed by atoms with Crippen LogP contribution in [0.15, 0.2) is 72.9 Å². The lowest BCUT2D eigenvalue weighted by atomic mass is 10.0. The molecule has 3 nitrogen and oxygen atoms in total. The van der Waals surface area contributed by atoms with Gasteiger partial charge in [-0.05, 0) is 24.3 Å². The van der Waals surface area contributed by atoms with Crippen LogP contribution in [-0.2, 0) is 0 Å². The van der Waals surface area contributed by atoms with E-state index < -0.39 is 0 Å². The van der Waals surface area contributed by atoms with Gasteiger partial charge in [0, 0.05) is 17.3 Å². The molecule has 25 heavy (non-hydrogen) atoms. The number of fused-ring (bicyclic) bond motifs is 1. The number of hydrogen-bond donors (Lipinski definition) is 1. The number of H-pyrrole nitrogens is 1. The molecule has 0 fully saturated rings. The fourth-order valence-electron chi connectivity index (χ4n) is 2.52. The van der Waals surface area contributed by atoms with Gasteiger partial charge in [0.15, 0.2) is 0 Å². The number of rotatable bonds is 2. The maximum absolute atomic E-state index is 4.69. The molecule has 1 N–H and O–H groups in total. The lowest BCUT2D eigenvalue weighted by Gasteiger charge is -2.06. The zero-order chi connectivity index (χ0) is 18.1. The molecule has 0 saturated carbocycles. The molecule has 0 amide bonds. The number of hydrogen-bond acceptors (Lipinski definition) is 2. The fraction of sp³-hybridized carbons (Fsp3) is 0.182. The van der Waals surface area contributed by atoms with Crippen LogP contribution in [0.5, 0.6) is 0 Å². The summed E-state index contributed by atoms with van der Waals surface area (Å²) in [5.74, 6) is 0.873. The summed E-state index contributed by atoms with van der Waals surface area (Å²) in [5, 5.41) is 0. The maximum Gasteiger partial charge on any atom is 0.139 e. The second kappa shape index (κ2) is 9.38. The van der Waals surface area contributed by atoms with Gasteiger partial charge in [0.25, 0.3) is 0 Å². The number of nitrogens with one attached hydrogen (secondary N) is 1. The number of aromatic amines is 1. The Morgan fingerprint density at radius 1 is 0.680 bits per heavy atom. The zero-order valence-electron chi connectivity index (χ0n) is 15.3. The van der Waals surface area contributed by atoms with Crippen molar-refractivity contribution in [1.82, 2.24) is 15.0 Å². The van der Waals surface area contributed by atoms with E-state index >= 15 is 0 Å². The number of benzene rings is 2. The third kappa shape index (κ3) is 4.13. The summed E-state index contributed by atoms with van der Waals surface area (Å²) in [6.07, 6.45) is 1.81. The predicted octanol–water partition coefficient (Wildman–Crippen LogP) is 6.34. The first-order valence-electron chi connectivity index (χ1n) is 8.87. The summed E-state index contributed by atoms with van der Waals surface area (Å²) in [7, 11) is 0. The predicted molar refractivity (Wildman–Crippen MR) is 107 cm³/mol. The highest BCUT2D eigenvalue weighted by molar-refractivity contribution is 5.84. The third-order valence-corrected chi connectivity index (χ3v) is 3.51. The number of pyridine rings is 1. The van der Waals surface area contributed by atoms with E-state index in [1.807, 2.05) is 88.5 Å². The Bertz CT molecular complexity index is 862. The standard InChI is InChI=1S/C18H13N3.2C2H6/c1-2-8-14(13(7-1)15-9-5-6-12-19-15)18-20-16-10-3-4-11-17(16)21-18;2*1-2/h1-12H,(H,20,21);2*1-2H3. The van der Waals surface area contributed by atoms with Crippen molar-refractivity contribution < 1.29 is 0 Å². The van der Waals surface area contributed by atoms with Crippen LogP contribution in [0.3, 0.4) is 0 Å². The Hall–Kier alpha value is -2.94. The van der Waals surface area contributed by atoms with Gasteiger partial charge in [0.1, 0.15) is 5.82 Å². The Morgan fingerprint density at radius 2 is 1.32 bits per heavy atom. The van der Waals surface area contributed by atoms with E-state index in [9.17, 15) is 0 Å². The normalized spacial score (nSPS) is 9.60. The first kappa shape index (κ1) is 18.4. The van der Waals surface area contributed by atoms with Crippen molar-refractivity contribution in [2.45, 2.75) is 27.7 Å². The average Bonchev–Trinajstić information content (AvgIpc) is 3.16. The quantitative estimate of drug-likeness (QED) is 0.465. The first-order chi connectivity index (χ1) is 12.4. The Labute approximate surface area is 149 Å². The molecule has 0 spiro atoms. The van der Waals surface area contributed by atoms with Crippen LogP contribution in [0.4, 0.5) is 0 Å². The van der Waals surface area contributed by atoms with Crippen LogP contribution >= 0.6 is 0 Å². The van der Waals surface area contributed by atoms with Gasteiger partial charge in [-0.3, -0.25) is 4.98 Å². The van der Waals surface area contributed by atoms with Crippen LogP contribution in [0.25, 0.3) is 33.7 Å². The molecule has 0 radical (unpaired) electrons.